The summed E-state index contributed by atoms with van der Waals surface area (Å²) in [5.41, 5.74) is 1.55. The maximum Gasteiger partial charge on any atom is 0.260 e. The molecule has 6 rings (SSSR count). The lowest BCUT2D eigenvalue weighted by atomic mass is 9.97. The number of nitrogens with one attached hydrogen (secondary N) is 3. The van der Waals surface area contributed by atoms with Crippen LogP contribution in [0.5, 0.6) is 17.2 Å². The number of carbonyl (C=O) groups excluding carboxylic acids is 2. The van der Waals surface area contributed by atoms with Gasteiger partial charge in [-0.15, -0.1) is 0 Å². The SMILES string of the molecule is COc1ccc2cc1OCCNC(=O)C1CCCN(C1)C(=O)COc1ccc(cc1)Nc1cc(ncn1)N2. The molecule has 1 aromatic heterocycles. The average molecular weight is 519 g/mol. The number of aromatic nitrogens is 2. The third-order valence-corrected chi connectivity index (χ3v) is 6.40. The van der Waals surface area contributed by atoms with Gasteiger partial charge >= 0.3 is 0 Å². The van der Waals surface area contributed by atoms with Crippen LogP contribution in [0.25, 0.3) is 0 Å². The molecule has 3 aliphatic rings. The number of hydrogen-bond donors (Lipinski definition) is 3. The summed E-state index contributed by atoms with van der Waals surface area (Å²) in [6, 6.07) is 14.5. The molecule has 1 fully saturated rings. The van der Waals surface area contributed by atoms with Crippen molar-refractivity contribution in [1.29, 1.82) is 0 Å². The van der Waals surface area contributed by atoms with Crippen molar-refractivity contribution < 1.29 is 23.8 Å². The molecule has 0 spiro atoms. The van der Waals surface area contributed by atoms with E-state index in [1.165, 1.54) is 6.33 Å². The fourth-order valence-electron chi connectivity index (χ4n) is 4.43. The second-order valence-corrected chi connectivity index (χ2v) is 9.04. The monoisotopic (exact) mass is 518 g/mol. The first kappa shape index (κ1) is 25.1. The molecule has 3 aromatic rings. The molecule has 11 heteroatoms. The molecular weight excluding hydrogens is 488 g/mol. The van der Waals surface area contributed by atoms with Gasteiger partial charge in [0.2, 0.25) is 5.91 Å². The maximum atomic E-state index is 12.8. The van der Waals surface area contributed by atoms with Gasteiger partial charge in [0.05, 0.1) is 19.6 Å². The van der Waals surface area contributed by atoms with Gasteiger partial charge in [-0.25, -0.2) is 9.97 Å². The number of nitrogens with zero attached hydrogens (tertiary/aromatic N) is 3. The number of anilines is 4. The normalized spacial score (nSPS) is 18.2. The molecule has 0 radical (unpaired) electrons. The highest BCUT2D eigenvalue weighted by atomic mass is 16.5. The number of carbonyl (C=O) groups is 2. The Bertz CT molecular complexity index is 1290. The average Bonchev–Trinajstić information content (AvgIpc) is 2.94. The summed E-state index contributed by atoms with van der Waals surface area (Å²) in [5.74, 6) is 2.38. The fourth-order valence-corrected chi connectivity index (χ4v) is 4.43. The van der Waals surface area contributed by atoms with Crippen LogP contribution >= 0.6 is 0 Å². The summed E-state index contributed by atoms with van der Waals surface area (Å²) in [6.45, 7) is 1.48. The van der Waals surface area contributed by atoms with Gasteiger partial charge < -0.3 is 35.1 Å². The van der Waals surface area contributed by atoms with Crippen molar-refractivity contribution in [2.24, 2.45) is 5.92 Å². The lowest BCUT2D eigenvalue weighted by Gasteiger charge is -2.32. The molecule has 3 aliphatic heterocycles. The number of ether oxygens (including phenoxy) is 3. The Morgan fingerprint density at radius 2 is 1.74 bits per heavy atom. The van der Waals surface area contributed by atoms with E-state index in [4.69, 9.17) is 14.2 Å². The molecular formula is C27H30N6O5. The number of amides is 2. The number of fused-ring (bicyclic) bond motifs is 8. The first-order valence-corrected chi connectivity index (χ1v) is 12.5. The van der Waals surface area contributed by atoms with E-state index in [-0.39, 0.29) is 30.9 Å². The summed E-state index contributed by atoms with van der Waals surface area (Å²) >= 11 is 0. The highest BCUT2D eigenvalue weighted by molar-refractivity contribution is 5.82. The van der Waals surface area contributed by atoms with Crippen LogP contribution in [0.15, 0.2) is 54.9 Å². The maximum absolute atomic E-state index is 12.8. The van der Waals surface area contributed by atoms with Crippen LogP contribution in [0.3, 0.4) is 0 Å². The van der Waals surface area contributed by atoms with Crippen LogP contribution in [0.4, 0.5) is 23.0 Å². The molecule has 11 nitrogen and oxygen atoms in total. The van der Waals surface area contributed by atoms with Gasteiger partial charge in [-0.05, 0) is 49.2 Å². The lowest BCUT2D eigenvalue weighted by molar-refractivity contribution is -0.137. The minimum Gasteiger partial charge on any atom is -0.493 e. The van der Waals surface area contributed by atoms with Crippen LogP contribution in [-0.2, 0) is 9.59 Å². The summed E-state index contributed by atoms with van der Waals surface area (Å²) in [4.78, 5) is 35.8. The molecule has 3 N–H and O–H groups in total. The molecule has 198 valence electrons. The zero-order valence-electron chi connectivity index (χ0n) is 21.1. The lowest BCUT2D eigenvalue weighted by Crippen LogP contribution is -2.47. The molecule has 1 atom stereocenters. The third-order valence-electron chi connectivity index (χ3n) is 6.40. The molecule has 4 heterocycles. The smallest absolute Gasteiger partial charge is 0.260 e. The highest BCUT2D eigenvalue weighted by Gasteiger charge is 2.28. The van der Waals surface area contributed by atoms with Crippen molar-refractivity contribution in [2.45, 2.75) is 12.8 Å². The first-order valence-electron chi connectivity index (χ1n) is 12.5. The number of hydrogen-bond acceptors (Lipinski definition) is 9. The van der Waals surface area contributed by atoms with Crippen molar-refractivity contribution in [3.05, 3.63) is 54.9 Å². The largest absolute Gasteiger partial charge is 0.493 e. The molecule has 38 heavy (non-hydrogen) atoms. The quantitative estimate of drug-likeness (QED) is 0.445. The Morgan fingerprint density at radius 1 is 0.974 bits per heavy atom. The molecule has 2 aromatic carbocycles. The van der Waals surface area contributed by atoms with E-state index in [0.717, 1.165) is 24.2 Å². The van der Waals surface area contributed by atoms with Gasteiger partial charge in [-0.2, -0.15) is 0 Å². The van der Waals surface area contributed by atoms with Crippen molar-refractivity contribution in [3.63, 3.8) is 0 Å². The zero-order chi connectivity index (χ0) is 26.3. The molecule has 2 amide bonds. The van der Waals surface area contributed by atoms with E-state index in [1.807, 2.05) is 24.3 Å². The predicted octanol–water partition coefficient (Wildman–Crippen LogP) is 3.10. The second kappa shape index (κ2) is 11.7. The van der Waals surface area contributed by atoms with Gasteiger partial charge in [0.25, 0.3) is 5.91 Å². The van der Waals surface area contributed by atoms with Gasteiger partial charge in [0, 0.05) is 36.6 Å². The van der Waals surface area contributed by atoms with E-state index in [0.29, 0.717) is 48.5 Å². The molecule has 0 aliphatic carbocycles. The van der Waals surface area contributed by atoms with Crippen molar-refractivity contribution in [1.82, 2.24) is 20.2 Å². The molecule has 8 bridgehead atoms. The van der Waals surface area contributed by atoms with Crippen LogP contribution in [0, 0.1) is 5.92 Å². The van der Waals surface area contributed by atoms with Crippen LogP contribution in [0.1, 0.15) is 12.8 Å². The topological polar surface area (TPSA) is 127 Å². The Kier molecular flexibility index (Phi) is 7.72. The molecule has 1 saturated heterocycles. The van der Waals surface area contributed by atoms with Crippen LogP contribution in [0.2, 0.25) is 0 Å². The van der Waals surface area contributed by atoms with E-state index in [9.17, 15) is 9.59 Å². The standard InChI is InChI=1S/C27H30N6O5/c1-36-22-9-6-20-13-23(22)37-12-10-28-27(35)18-3-2-11-33(15-18)26(34)16-38-21-7-4-19(5-8-21)31-24-14-25(32-20)30-17-29-24/h4-9,13-14,17-18H,2-3,10-12,15-16H2,1H3,(H,28,35)(H2,29,30,31,32). The first-order chi connectivity index (χ1) is 18.6. The Labute approximate surface area is 220 Å². The van der Waals surface area contributed by atoms with Gasteiger partial charge in [-0.1, -0.05) is 0 Å². The molecule has 0 saturated carbocycles. The molecule has 1 unspecified atom stereocenters. The van der Waals surface area contributed by atoms with Crippen molar-refractivity contribution in [2.75, 3.05) is 50.6 Å². The number of methoxy groups -OCH3 is 1. The summed E-state index contributed by atoms with van der Waals surface area (Å²) in [6.07, 6.45) is 2.96. The van der Waals surface area contributed by atoms with Crippen LogP contribution < -0.4 is 30.2 Å². The second-order valence-electron chi connectivity index (χ2n) is 9.04. The van der Waals surface area contributed by atoms with E-state index < -0.39 is 0 Å². The number of piperidine rings is 1. The minimum absolute atomic E-state index is 0.0871. The Morgan fingerprint density at radius 3 is 2.53 bits per heavy atom. The van der Waals surface area contributed by atoms with Crippen molar-refractivity contribution in [3.8, 4) is 17.2 Å². The van der Waals surface area contributed by atoms with Crippen LogP contribution in [-0.4, -0.2) is 66.6 Å². The van der Waals surface area contributed by atoms with Gasteiger partial charge in [0.15, 0.2) is 18.1 Å². The van der Waals surface area contributed by atoms with E-state index >= 15 is 0 Å². The summed E-state index contributed by atoms with van der Waals surface area (Å²) in [5, 5.41) is 9.43. The Hall–Kier alpha value is -4.54. The highest BCUT2D eigenvalue weighted by Crippen LogP contribution is 2.31. The van der Waals surface area contributed by atoms with Gasteiger partial charge in [0.1, 0.15) is 30.3 Å². The number of rotatable bonds is 1. The minimum atomic E-state index is -0.266. The summed E-state index contributed by atoms with van der Waals surface area (Å²) in [7, 11) is 1.57. The van der Waals surface area contributed by atoms with Crippen molar-refractivity contribution >= 4 is 34.8 Å². The Balaban J connectivity index is 1.38. The van der Waals surface area contributed by atoms with Gasteiger partial charge in [-0.3, -0.25) is 9.59 Å². The fraction of sp³-hybridized carbons (Fsp3) is 0.333. The zero-order valence-corrected chi connectivity index (χ0v) is 21.1. The van der Waals surface area contributed by atoms with E-state index in [1.54, 1.807) is 36.3 Å². The van der Waals surface area contributed by atoms with E-state index in [2.05, 4.69) is 25.9 Å². The summed E-state index contributed by atoms with van der Waals surface area (Å²) < 4.78 is 17.1. The third kappa shape index (κ3) is 6.23. The predicted molar refractivity (Wildman–Crippen MR) is 141 cm³/mol. The number of benzene rings is 2.